The summed E-state index contributed by atoms with van der Waals surface area (Å²) in [5, 5.41) is 17.0. The second kappa shape index (κ2) is 12.0. The molecule has 8 N–H and O–H groups in total. The van der Waals surface area contributed by atoms with Gasteiger partial charge in [-0.05, 0) is 18.1 Å². The molecule has 0 fully saturated rings. The van der Waals surface area contributed by atoms with Crippen molar-refractivity contribution < 1.29 is 24.3 Å². The number of rotatable bonds is 12. The Balaban J connectivity index is 1.68. The summed E-state index contributed by atoms with van der Waals surface area (Å²) in [5.74, 6) is -3.22. The molecule has 0 saturated carbocycles. The molecule has 35 heavy (non-hydrogen) atoms. The summed E-state index contributed by atoms with van der Waals surface area (Å²) >= 11 is 4.06. The summed E-state index contributed by atoms with van der Waals surface area (Å²) in [6.07, 6.45) is 5.04. The van der Waals surface area contributed by atoms with Gasteiger partial charge in [0.1, 0.15) is 18.6 Å². The van der Waals surface area contributed by atoms with E-state index >= 15 is 0 Å². The van der Waals surface area contributed by atoms with E-state index < -0.39 is 48.4 Å². The molecule has 13 heteroatoms. The number of carbonyl (C=O) groups excluding carboxylic acids is 3. The second-order valence-electron chi connectivity index (χ2n) is 7.87. The van der Waals surface area contributed by atoms with Crippen LogP contribution in [0.15, 0.2) is 43.0 Å². The highest BCUT2D eigenvalue weighted by atomic mass is 32.1. The van der Waals surface area contributed by atoms with Crippen molar-refractivity contribution in [3.63, 3.8) is 0 Å². The number of nitrogens with two attached hydrogens (primary N) is 1. The molecular weight excluding hydrogens is 474 g/mol. The quantitative estimate of drug-likeness (QED) is 0.147. The molecule has 3 rings (SSSR count). The van der Waals surface area contributed by atoms with Gasteiger partial charge in [-0.15, -0.1) is 0 Å². The zero-order valence-corrected chi connectivity index (χ0v) is 19.5. The number of aromatic amines is 2. The molecule has 0 saturated heterocycles. The fourth-order valence-electron chi connectivity index (χ4n) is 3.49. The Hall–Kier alpha value is -3.84. The molecule has 3 aromatic rings. The molecule has 3 amide bonds. The Bertz CT molecular complexity index is 1180. The van der Waals surface area contributed by atoms with Gasteiger partial charge in [0.2, 0.25) is 17.7 Å². The van der Waals surface area contributed by atoms with Crippen molar-refractivity contribution in [1.82, 2.24) is 30.9 Å². The van der Waals surface area contributed by atoms with Gasteiger partial charge in [0.25, 0.3) is 0 Å². The van der Waals surface area contributed by atoms with Gasteiger partial charge in [-0.1, -0.05) is 18.2 Å². The Morgan fingerprint density at radius 1 is 1.03 bits per heavy atom. The van der Waals surface area contributed by atoms with Crippen molar-refractivity contribution in [2.45, 2.75) is 31.0 Å². The van der Waals surface area contributed by atoms with Crippen LogP contribution in [-0.2, 0) is 32.0 Å². The van der Waals surface area contributed by atoms with Crippen LogP contribution in [0.2, 0.25) is 0 Å². The van der Waals surface area contributed by atoms with Crippen LogP contribution in [-0.4, -0.2) is 74.2 Å². The number of amides is 3. The first-order chi connectivity index (χ1) is 16.8. The average Bonchev–Trinajstić information content (AvgIpc) is 3.50. The van der Waals surface area contributed by atoms with E-state index in [1.807, 2.05) is 24.3 Å². The summed E-state index contributed by atoms with van der Waals surface area (Å²) < 4.78 is 0. The Morgan fingerprint density at radius 3 is 2.46 bits per heavy atom. The fraction of sp³-hybridized carbons (Fsp3) is 0.318. The minimum absolute atomic E-state index is 0.0629. The molecule has 0 aliphatic heterocycles. The van der Waals surface area contributed by atoms with E-state index in [0.29, 0.717) is 5.69 Å². The van der Waals surface area contributed by atoms with E-state index in [-0.39, 0.29) is 18.6 Å². The molecule has 0 spiro atoms. The lowest BCUT2D eigenvalue weighted by Gasteiger charge is -2.23. The van der Waals surface area contributed by atoms with Gasteiger partial charge in [-0.2, -0.15) is 12.6 Å². The van der Waals surface area contributed by atoms with E-state index in [9.17, 15) is 19.2 Å². The van der Waals surface area contributed by atoms with E-state index in [2.05, 4.69) is 43.5 Å². The van der Waals surface area contributed by atoms with Crippen LogP contribution in [0.1, 0.15) is 11.3 Å². The third kappa shape index (κ3) is 7.07. The Morgan fingerprint density at radius 2 is 1.77 bits per heavy atom. The molecule has 186 valence electrons. The summed E-state index contributed by atoms with van der Waals surface area (Å²) in [7, 11) is 0. The molecular formula is C22H27N7O5S. The van der Waals surface area contributed by atoms with Gasteiger partial charge in [0, 0.05) is 41.2 Å². The summed E-state index contributed by atoms with van der Waals surface area (Å²) in [4.78, 5) is 58.7. The normalized spacial score (nSPS) is 13.5. The van der Waals surface area contributed by atoms with Crippen molar-refractivity contribution in [1.29, 1.82) is 0 Å². The third-order valence-corrected chi connectivity index (χ3v) is 5.66. The van der Waals surface area contributed by atoms with Gasteiger partial charge < -0.3 is 36.8 Å². The van der Waals surface area contributed by atoms with Gasteiger partial charge in [-0.25, -0.2) is 4.98 Å². The van der Waals surface area contributed by atoms with Gasteiger partial charge >= 0.3 is 5.97 Å². The largest absolute Gasteiger partial charge is 0.480 e. The maximum absolute atomic E-state index is 13.0. The lowest BCUT2D eigenvalue weighted by molar-refractivity contribution is -0.138. The van der Waals surface area contributed by atoms with Crippen LogP contribution in [0, 0.1) is 0 Å². The van der Waals surface area contributed by atoms with E-state index in [0.717, 1.165) is 16.5 Å². The van der Waals surface area contributed by atoms with Gasteiger partial charge in [0.15, 0.2) is 0 Å². The number of benzene rings is 1. The number of H-pyrrole nitrogens is 2. The number of thiol groups is 1. The molecule has 1 aromatic carbocycles. The molecule has 3 atom stereocenters. The maximum Gasteiger partial charge on any atom is 0.322 e. The topological polar surface area (TPSA) is 195 Å². The lowest BCUT2D eigenvalue weighted by Crippen LogP contribution is -2.57. The molecule has 12 nitrogen and oxygen atoms in total. The van der Waals surface area contributed by atoms with Gasteiger partial charge in [-0.3, -0.25) is 19.2 Å². The van der Waals surface area contributed by atoms with Crippen LogP contribution >= 0.6 is 12.6 Å². The molecule has 3 unspecified atom stereocenters. The minimum atomic E-state index is -1.23. The fourth-order valence-corrected chi connectivity index (χ4v) is 3.74. The number of aliphatic carboxylic acids is 1. The highest BCUT2D eigenvalue weighted by molar-refractivity contribution is 7.80. The number of nitrogens with zero attached hydrogens (tertiary/aromatic N) is 1. The number of carboxylic acids is 1. The molecule has 2 heterocycles. The van der Waals surface area contributed by atoms with Crippen molar-refractivity contribution in [2.24, 2.45) is 5.73 Å². The number of fused-ring (bicyclic) bond motifs is 1. The minimum Gasteiger partial charge on any atom is -0.480 e. The summed E-state index contributed by atoms with van der Waals surface area (Å²) in [6, 6.07) is 4.50. The molecule has 0 bridgehead atoms. The van der Waals surface area contributed by atoms with Gasteiger partial charge in [0.05, 0.1) is 12.4 Å². The first-order valence-electron chi connectivity index (χ1n) is 10.8. The van der Waals surface area contributed by atoms with Crippen LogP contribution in [0.4, 0.5) is 0 Å². The van der Waals surface area contributed by atoms with Crippen molar-refractivity contribution >= 4 is 47.2 Å². The summed E-state index contributed by atoms with van der Waals surface area (Å²) in [6.45, 7) is -0.601. The SMILES string of the molecule is NC(Cc1c[nH]c2ccccc12)C(=O)NC(Cc1cnc[nH]1)C(=O)NC(CS)C(=O)NCC(=O)O. The maximum atomic E-state index is 13.0. The van der Waals surface area contributed by atoms with E-state index in [1.54, 1.807) is 6.20 Å². The summed E-state index contributed by atoms with van der Waals surface area (Å²) in [5.41, 5.74) is 8.52. The number of carboxylic acid groups (broad SMARTS) is 1. The monoisotopic (exact) mass is 501 g/mol. The molecule has 0 aliphatic rings. The van der Waals surface area contributed by atoms with E-state index in [1.165, 1.54) is 12.5 Å². The first kappa shape index (κ1) is 25.8. The number of hydrogen-bond acceptors (Lipinski definition) is 7. The predicted octanol–water partition coefficient (Wildman–Crippen LogP) is -0.896. The number of imidazole rings is 1. The van der Waals surface area contributed by atoms with Crippen LogP contribution < -0.4 is 21.7 Å². The van der Waals surface area contributed by atoms with Crippen LogP contribution in [0.3, 0.4) is 0 Å². The smallest absolute Gasteiger partial charge is 0.322 e. The number of nitrogens with one attached hydrogen (secondary N) is 5. The number of hydrogen-bond donors (Lipinski definition) is 8. The second-order valence-corrected chi connectivity index (χ2v) is 8.23. The number of carbonyl (C=O) groups is 4. The van der Waals surface area contributed by atoms with Crippen LogP contribution in [0.5, 0.6) is 0 Å². The first-order valence-corrected chi connectivity index (χ1v) is 11.4. The Kier molecular flexibility index (Phi) is 8.86. The Labute approximate surface area is 205 Å². The molecule has 0 radical (unpaired) electrons. The average molecular weight is 502 g/mol. The number of para-hydroxylation sites is 1. The standard InChI is InChI=1S/C22H27N7O5S/c23-15(5-12-7-25-16-4-2-1-3-14(12)16)20(32)28-17(6-13-8-24-11-27-13)22(34)29-18(10-35)21(33)26-9-19(30)31/h1-4,7-8,11,15,17-18,25,35H,5-6,9-10,23H2,(H,24,27)(H,26,33)(H,28,32)(H,29,34)(H,30,31). The van der Waals surface area contributed by atoms with Crippen molar-refractivity contribution in [3.05, 3.63) is 54.2 Å². The predicted molar refractivity (Wildman–Crippen MR) is 131 cm³/mol. The lowest BCUT2D eigenvalue weighted by atomic mass is 10.0. The number of aromatic nitrogens is 3. The zero-order chi connectivity index (χ0) is 25.4. The highest BCUT2D eigenvalue weighted by Gasteiger charge is 2.28. The van der Waals surface area contributed by atoms with Crippen molar-refractivity contribution in [3.8, 4) is 0 Å². The zero-order valence-electron chi connectivity index (χ0n) is 18.7. The van der Waals surface area contributed by atoms with Crippen molar-refractivity contribution in [2.75, 3.05) is 12.3 Å². The third-order valence-electron chi connectivity index (χ3n) is 5.29. The van der Waals surface area contributed by atoms with Crippen LogP contribution in [0.25, 0.3) is 10.9 Å². The van der Waals surface area contributed by atoms with E-state index in [4.69, 9.17) is 10.8 Å². The molecule has 2 aromatic heterocycles. The highest BCUT2D eigenvalue weighted by Crippen LogP contribution is 2.18. The molecule has 0 aliphatic carbocycles.